The number of carbonyl (C=O) groups is 1. The molecule has 1 N–H and O–H groups in total. The lowest BCUT2D eigenvalue weighted by Crippen LogP contribution is -2.45. The summed E-state index contributed by atoms with van der Waals surface area (Å²) in [5.41, 5.74) is 3.41. The molecular formula is C28H34N4O2S. The van der Waals surface area contributed by atoms with E-state index in [1.807, 2.05) is 66.7 Å². The normalized spacial score (nSPS) is 17.7. The van der Waals surface area contributed by atoms with Gasteiger partial charge in [-0.2, -0.15) is 0 Å². The van der Waals surface area contributed by atoms with Crippen molar-refractivity contribution in [3.8, 4) is 0 Å². The van der Waals surface area contributed by atoms with Crippen LogP contribution in [0.1, 0.15) is 28.2 Å². The number of likely N-dealkylation sites (N-methyl/N-ethyl adjacent to an activating group) is 2. The summed E-state index contributed by atoms with van der Waals surface area (Å²) in [6.45, 7) is 2.87. The van der Waals surface area contributed by atoms with Crippen molar-refractivity contribution in [2.45, 2.75) is 17.5 Å². The number of hydrogen-bond acceptors (Lipinski definition) is 6. The van der Waals surface area contributed by atoms with Gasteiger partial charge in [0.2, 0.25) is 5.91 Å². The molecule has 4 rings (SSSR count). The zero-order valence-corrected chi connectivity index (χ0v) is 21.2. The minimum Gasteiger partial charge on any atom is -0.367 e. The molecule has 1 amide bonds. The standard InChI is InChI=1S/C28H34N4O2S/c1-31(18-19-34-26(22-10-5-3-6-11-22)23-12-7-4-8-13-23)16-17-32(2)28(33)25-21-35-27(30-25)24-14-9-15-29-20-24/h3-15,20,25-27,30H,16-19,21H2,1-2H3/t25-,27?/m0/s1. The van der Waals surface area contributed by atoms with Crippen LogP contribution in [0.2, 0.25) is 0 Å². The van der Waals surface area contributed by atoms with Crippen molar-refractivity contribution in [1.82, 2.24) is 20.1 Å². The van der Waals surface area contributed by atoms with Gasteiger partial charge in [-0.25, -0.2) is 0 Å². The van der Waals surface area contributed by atoms with E-state index >= 15 is 0 Å². The summed E-state index contributed by atoms with van der Waals surface area (Å²) in [6.07, 6.45) is 3.54. The number of pyridine rings is 1. The second kappa shape index (κ2) is 12.8. The van der Waals surface area contributed by atoms with Crippen LogP contribution in [0.15, 0.2) is 85.2 Å². The molecule has 35 heavy (non-hydrogen) atoms. The molecule has 1 unspecified atom stereocenters. The minimum absolute atomic E-state index is 0.0891. The molecular weight excluding hydrogens is 456 g/mol. The van der Waals surface area contributed by atoms with Crippen molar-refractivity contribution < 1.29 is 9.53 Å². The molecule has 184 valence electrons. The number of thioether (sulfide) groups is 1. The third kappa shape index (κ3) is 7.15. The van der Waals surface area contributed by atoms with Gasteiger partial charge in [0, 0.05) is 44.8 Å². The van der Waals surface area contributed by atoms with E-state index in [0.717, 1.165) is 35.5 Å². The molecule has 0 bridgehead atoms. The van der Waals surface area contributed by atoms with E-state index in [0.29, 0.717) is 13.2 Å². The number of amides is 1. The van der Waals surface area contributed by atoms with Gasteiger partial charge in [-0.05, 0) is 29.8 Å². The number of ether oxygens (including phenoxy) is 1. The number of benzene rings is 2. The predicted molar refractivity (Wildman–Crippen MR) is 142 cm³/mol. The van der Waals surface area contributed by atoms with Crippen molar-refractivity contribution in [2.24, 2.45) is 0 Å². The van der Waals surface area contributed by atoms with Gasteiger partial charge in [-0.15, -0.1) is 11.8 Å². The van der Waals surface area contributed by atoms with Gasteiger partial charge < -0.3 is 14.5 Å². The first kappa shape index (κ1) is 25.4. The maximum atomic E-state index is 12.9. The highest BCUT2D eigenvalue weighted by molar-refractivity contribution is 7.99. The highest BCUT2D eigenvalue weighted by atomic mass is 32.2. The molecule has 6 nitrogen and oxygen atoms in total. The van der Waals surface area contributed by atoms with E-state index < -0.39 is 0 Å². The topological polar surface area (TPSA) is 57.7 Å². The van der Waals surface area contributed by atoms with E-state index in [1.54, 1.807) is 18.0 Å². The Bertz CT molecular complexity index is 999. The van der Waals surface area contributed by atoms with E-state index in [2.05, 4.69) is 46.5 Å². The van der Waals surface area contributed by atoms with Gasteiger partial charge >= 0.3 is 0 Å². The fourth-order valence-electron chi connectivity index (χ4n) is 4.11. The molecule has 2 heterocycles. The summed E-state index contributed by atoms with van der Waals surface area (Å²) in [7, 11) is 3.96. The largest absolute Gasteiger partial charge is 0.367 e. The van der Waals surface area contributed by atoms with E-state index in [9.17, 15) is 4.79 Å². The maximum absolute atomic E-state index is 12.9. The minimum atomic E-state index is -0.165. The Morgan fingerprint density at radius 1 is 1.00 bits per heavy atom. The van der Waals surface area contributed by atoms with E-state index in [4.69, 9.17) is 4.74 Å². The Kier molecular flexibility index (Phi) is 9.31. The van der Waals surface area contributed by atoms with E-state index in [1.165, 1.54) is 0 Å². The smallest absolute Gasteiger partial charge is 0.240 e. The van der Waals surface area contributed by atoms with Gasteiger partial charge in [0.1, 0.15) is 6.10 Å². The number of hydrogen-bond donors (Lipinski definition) is 1. The lowest BCUT2D eigenvalue weighted by atomic mass is 10.0. The van der Waals surface area contributed by atoms with Gasteiger partial charge in [0.05, 0.1) is 18.0 Å². The van der Waals surface area contributed by atoms with Crippen LogP contribution in [0, 0.1) is 0 Å². The summed E-state index contributed by atoms with van der Waals surface area (Å²) in [5.74, 6) is 0.911. The molecule has 7 heteroatoms. The molecule has 2 aromatic carbocycles. The first-order valence-electron chi connectivity index (χ1n) is 12.0. The predicted octanol–water partition coefficient (Wildman–Crippen LogP) is 3.98. The van der Waals surface area contributed by atoms with Crippen molar-refractivity contribution >= 4 is 17.7 Å². The number of rotatable bonds is 11. The Morgan fingerprint density at radius 2 is 1.69 bits per heavy atom. The van der Waals surface area contributed by atoms with Crippen LogP contribution in [-0.4, -0.2) is 72.8 Å². The van der Waals surface area contributed by atoms with Crippen molar-refractivity contribution in [3.63, 3.8) is 0 Å². The van der Waals surface area contributed by atoms with Crippen LogP contribution in [0.25, 0.3) is 0 Å². The van der Waals surface area contributed by atoms with Crippen LogP contribution >= 0.6 is 11.8 Å². The molecule has 0 spiro atoms. The summed E-state index contributed by atoms with van der Waals surface area (Å²) in [6, 6.07) is 24.5. The zero-order valence-electron chi connectivity index (χ0n) is 20.4. The molecule has 3 aromatic rings. The van der Waals surface area contributed by atoms with Crippen LogP contribution in [0.5, 0.6) is 0 Å². The van der Waals surface area contributed by atoms with Gasteiger partial charge in [0.15, 0.2) is 0 Å². The van der Waals surface area contributed by atoms with Crippen molar-refractivity contribution in [1.29, 1.82) is 0 Å². The third-order valence-electron chi connectivity index (χ3n) is 6.22. The molecule has 1 saturated heterocycles. The van der Waals surface area contributed by atoms with Crippen LogP contribution in [0.3, 0.4) is 0 Å². The van der Waals surface area contributed by atoms with E-state index in [-0.39, 0.29) is 23.4 Å². The molecule has 1 fully saturated rings. The summed E-state index contributed by atoms with van der Waals surface area (Å²) < 4.78 is 6.33. The Hall–Kier alpha value is -2.71. The number of aromatic nitrogens is 1. The average Bonchev–Trinajstić information content (AvgIpc) is 3.41. The number of nitrogens with zero attached hydrogens (tertiary/aromatic N) is 3. The summed E-state index contributed by atoms with van der Waals surface area (Å²) >= 11 is 1.76. The molecule has 2 atom stereocenters. The van der Waals surface area contributed by atoms with Gasteiger partial charge in [-0.1, -0.05) is 66.7 Å². The first-order valence-corrected chi connectivity index (χ1v) is 13.1. The second-order valence-corrected chi connectivity index (χ2v) is 9.99. The fourth-order valence-corrected chi connectivity index (χ4v) is 5.33. The summed E-state index contributed by atoms with van der Waals surface area (Å²) in [5, 5.41) is 3.57. The molecule has 1 aliphatic heterocycles. The van der Waals surface area contributed by atoms with Crippen molar-refractivity contribution in [3.05, 3.63) is 102 Å². The van der Waals surface area contributed by atoms with Gasteiger partial charge in [-0.3, -0.25) is 15.1 Å². The zero-order chi connectivity index (χ0) is 24.5. The second-order valence-electron chi connectivity index (χ2n) is 8.85. The lowest BCUT2D eigenvalue weighted by molar-refractivity contribution is -0.131. The maximum Gasteiger partial charge on any atom is 0.240 e. The third-order valence-corrected chi connectivity index (χ3v) is 7.49. The lowest BCUT2D eigenvalue weighted by Gasteiger charge is -2.25. The molecule has 0 saturated carbocycles. The van der Waals surface area contributed by atoms with Crippen molar-refractivity contribution in [2.75, 3.05) is 46.1 Å². The average molecular weight is 491 g/mol. The SMILES string of the molecule is CN(CCOC(c1ccccc1)c1ccccc1)CCN(C)C(=O)[C@@H]1CSC(c2cccnc2)N1. The van der Waals surface area contributed by atoms with Crippen LogP contribution < -0.4 is 5.32 Å². The molecule has 0 radical (unpaired) electrons. The Morgan fingerprint density at radius 3 is 2.31 bits per heavy atom. The Labute approximate surface area is 212 Å². The molecule has 0 aliphatic carbocycles. The van der Waals surface area contributed by atoms with Gasteiger partial charge in [0.25, 0.3) is 0 Å². The molecule has 1 aromatic heterocycles. The highest BCUT2D eigenvalue weighted by Gasteiger charge is 2.32. The van der Waals surface area contributed by atoms with Crippen LogP contribution in [0.4, 0.5) is 0 Å². The van der Waals surface area contributed by atoms with Crippen LogP contribution in [-0.2, 0) is 9.53 Å². The Balaban J connectivity index is 1.21. The monoisotopic (exact) mass is 490 g/mol. The first-order chi connectivity index (χ1) is 17.1. The quantitative estimate of drug-likeness (QED) is 0.439. The number of carbonyl (C=O) groups excluding carboxylic acids is 1. The fraction of sp³-hybridized carbons (Fsp3) is 0.357. The number of nitrogens with one attached hydrogen (secondary N) is 1. The highest BCUT2D eigenvalue weighted by Crippen LogP contribution is 2.32. The summed E-state index contributed by atoms with van der Waals surface area (Å²) in [4.78, 5) is 21.2. The molecule has 1 aliphatic rings.